The summed E-state index contributed by atoms with van der Waals surface area (Å²) < 4.78 is 0. The molecular weight excluding hydrogens is 288 g/mol. The average Bonchev–Trinajstić information content (AvgIpc) is 3.11. The van der Waals surface area contributed by atoms with E-state index in [1.165, 1.54) is 9.75 Å². The Bertz CT molecular complexity index is 494. The van der Waals surface area contributed by atoms with Gasteiger partial charge in [0.15, 0.2) is 0 Å². The van der Waals surface area contributed by atoms with Crippen molar-refractivity contribution in [3.05, 3.63) is 44.8 Å². The van der Waals surface area contributed by atoms with E-state index in [1.54, 1.807) is 22.7 Å². The summed E-state index contributed by atoms with van der Waals surface area (Å²) in [6.07, 6.45) is 1.51. The lowest BCUT2D eigenvalue weighted by molar-refractivity contribution is -0.120. The van der Waals surface area contributed by atoms with E-state index in [2.05, 4.69) is 45.7 Å². The fourth-order valence-electron chi connectivity index (χ4n) is 2.04. The molecule has 0 aromatic carbocycles. The molecule has 2 aromatic heterocycles. The van der Waals surface area contributed by atoms with Crippen LogP contribution in [0.3, 0.4) is 0 Å². The third-order valence-corrected chi connectivity index (χ3v) is 4.87. The third kappa shape index (κ3) is 4.74. The van der Waals surface area contributed by atoms with Gasteiger partial charge in [0.05, 0.1) is 0 Å². The Kier molecular flexibility index (Phi) is 6.24. The monoisotopic (exact) mass is 308 g/mol. The zero-order valence-electron chi connectivity index (χ0n) is 11.6. The van der Waals surface area contributed by atoms with Crippen LogP contribution in [-0.2, 0) is 11.2 Å². The van der Waals surface area contributed by atoms with Crippen molar-refractivity contribution >= 4 is 28.6 Å². The van der Waals surface area contributed by atoms with Crippen LogP contribution >= 0.6 is 22.7 Å². The zero-order valence-corrected chi connectivity index (χ0v) is 13.2. The number of nitrogens with one attached hydrogen (secondary N) is 2. The summed E-state index contributed by atoms with van der Waals surface area (Å²) in [6.45, 7) is 3.35. The highest BCUT2D eigenvalue weighted by Crippen LogP contribution is 2.24. The molecule has 0 spiro atoms. The van der Waals surface area contributed by atoms with Gasteiger partial charge in [0.1, 0.15) is 0 Å². The Balaban J connectivity index is 1.88. The maximum atomic E-state index is 11.5. The summed E-state index contributed by atoms with van der Waals surface area (Å²) in [5.41, 5.74) is 0. The lowest BCUT2D eigenvalue weighted by Crippen LogP contribution is -2.29. The molecule has 108 valence electrons. The second kappa shape index (κ2) is 8.19. The molecule has 0 bridgehead atoms. The van der Waals surface area contributed by atoms with Crippen LogP contribution in [0.1, 0.15) is 29.1 Å². The van der Waals surface area contributed by atoms with Gasteiger partial charge in [0.25, 0.3) is 0 Å². The van der Waals surface area contributed by atoms with E-state index in [4.69, 9.17) is 0 Å². The van der Waals surface area contributed by atoms with Gasteiger partial charge in [0.2, 0.25) is 5.91 Å². The normalized spacial score (nSPS) is 12.2. The van der Waals surface area contributed by atoms with Crippen molar-refractivity contribution in [2.75, 3.05) is 13.1 Å². The van der Waals surface area contributed by atoms with Gasteiger partial charge in [-0.2, -0.15) is 0 Å². The third-order valence-electron chi connectivity index (χ3n) is 2.99. The standard InChI is InChI=1S/C15H20N2OS2/c1-2-16-15(18)7-8-17-13(14-6-4-10-20-14)11-12-5-3-9-19-12/h3-6,9-10,13,17H,2,7-8,11H2,1H3,(H,16,18). The predicted octanol–water partition coefficient (Wildman–Crippen LogP) is 3.21. The first-order valence-electron chi connectivity index (χ1n) is 6.85. The second-order valence-electron chi connectivity index (χ2n) is 4.51. The van der Waals surface area contributed by atoms with Gasteiger partial charge in [0, 0.05) is 41.7 Å². The van der Waals surface area contributed by atoms with E-state index < -0.39 is 0 Å². The summed E-state index contributed by atoms with van der Waals surface area (Å²) in [5.74, 6) is 0.112. The van der Waals surface area contributed by atoms with E-state index in [0.717, 1.165) is 6.42 Å². The van der Waals surface area contributed by atoms with Crippen molar-refractivity contribution in [2.24, 2.45) is 0 Å². The summed E-state index contributed by atoms with van der Waals surface area (Å²) >= 11 is 3.55. The van der Waals surface area contributed by atoms with E-state index >= 15 is 0 Å². The van der Waals surface area contributed by atoms with Crippen LogP contribution in [-0.4, -0.2) is 19.0 Å². The van der Waals surface area contributed by atoms with Gasteiger partial charge in [-0.1, -0.05) is 12.1 Å². The van der Waals surface area contributed by atoms with Gasteiger partial charge in [-0.05, 0) is 29.8 Å². The van der Waals surface area contributed by atoms with Crippen LogP contribution in [0.2, 0.25) is 0 Å². The van der Waals surface area contributed by atoms with Crippen LogP contribution in [0.4, 0.5) is 0 Å². The molecule has 1 amide bonds. The molecule has 0 saturated carbocycles. The quantitative estimate of drug-likeness (QED) is 0.786. The van der Waals surface area contributed by atoms with Crippen LogP contribution in [0.25, 0.3) is 0 Å². The van der Waals surface area contributed by atoms with Crippen molar-refractivity contribution in [1.82, 2.24) is 10.6 Å². The number of amides is 1. The van der Waals surface area contributed by atoms with Gasteiger partial charge in [-0.3, -0.25) is 4.79 Å². The number of rotatable bonds is 8. The maximum absolute atomic E-state index is 11.5. The molecule has 0 saturated heterocycles. The maximum Gasteiger partial charge on any atom is 0.221 e. The minimum atomic E-state index is 0.112. The average molecular weight is 308 g/mol. The van der Waals surface area contributed by atoms with Crippen LogP contribution < -0.4 is 10.6 Å². The van der Waals surface area contributed by atoms with Gasteiger partial charge in [-0.25, -0.2) is 0 Å². The largest absolute Gasteiger partial charge is 0.356 e. The Morgan fingerprint density at radius 1 is 1.25 bits per heavy atom. The lowest BCUT2D eigenvalue weighted by atomic mass is 10.1. The molecule has 0 aliphatic rings. The molecular formula is C15H20N2OS2. The number of hydrogen-bond acceptors (Lipinski definition) is 4. The molecule has 1 atom stereocenters. The molecule has 2 rings (SSSR count). The molecule has 0 aliphatic heterocycles. The van der Waals surface area contributed by atoms with Crippen LogP contribution in [0, 0.1) is 0 Å². The fraction of sp³-hybridized carbons (Fsp3) is 0.400. The smallest absolute Gasteiger partial charge is 0.221 e. The first-order valence-corrected chi connectivity index (χ1v) is 8.61. The first-order chi connectivity index (χ1) is 9.79. The van der Waals surface area contributed by atoms with Crippen molar-refractivity contribution in [3.8, 4) is 0 Å². The highest BCUT2D eigenvalue weighted by molar-refractivity contribution is 7.10. The Morgan fingerprint density at radius 2 is 2.05 bits per heavy atom. The first kappa shape index (κ1) is 15.2. The molecule has 2 N–H and O–H groups in total. The molecule has 0 radical (unpaired) electrons. The molecule has 1 unspecified atom stereocenters. The summed E-state index contributed by atoms with van der Waals surface area (Å²) in [7, 11) is 0. The molecule has 2 aromatic rings. The zero-order chi connectivity index (χ0) is 14.2. The van der Waals surface area contributed by atoms with Gasteiger partial charge >= 0.3 is 0 Å². The lowest BCUT2D eigenvalue weighted by Gasteiger charge is -2.16. The summed E-state index contributed by atoms with van der Waals surface area (Å²) in [6, 6.07) is 8.77. The molecule has 2 heterocycles. The van der Waals surface area contributed by atoms with Gasteiger partial charge in [-0.15, -0.1) is 22.7 Å². The van der Waals surface area contributed by atoms with E-state index in [1.807, 2.05) is 6.92 Å². The Morgan fingerprint density at radius 3 is 2.70 bits per heavy atom. The SMILES string of the molecule is CCNC(=O)CCNC(Cc1cccs1)c1cccs1. The van der Waals surface area contributed by atoms with Crippen molar-refractivity contribution < 1.29 is 4.79 Å². The number of hydrogen-bond donors (Lipinski definition) is 2. The molecule has 3 nitrogen and oxygen atoms in total. The minimum Gasteiger partial charge on any atom is -0.356 e. The molecule has 5 heteroatoms. The van der Waals surface area contributed by atoms with Gasteiger partial charge < -0.3 is 10.6 Å². The molecule has 20 heavy (non-hydrogen) atoms. The van der Waals surface area contributed by atoms with E-state index in [9.17, 15) is 4.79 Å². The molecule has 0 aliphatic carbocycles. The van der Waals surface area contributed by atoms with E-state index in [-0.39, 0.29) is 5.91 Å². The number of thiophene rings is 2. The number of carbonyl (C=O) groups excluding carboxylic acids is 1. The van der Waals surface area contributed by atoms with Crippen molar-refractivity contribution in [2.45, 2.75) is 25.8 Å². The van der Waals surface area contributed by atoms with Crippen molar-refractivity contribution in [3.63, 3.8) is 0 Å². The Hall–Kier alpha value is -1.17. The van der Waals surface area contributed by atoms with Crippen LogP contribution in [0.5, 0.6) is 0 Å². The number of carbonyl (C=O) groups is 1. The Labute approximate surface area is 128 Å². The summed E-state index contributed by atoms with van der Waals surface area (Å²) in [4.78, 5) is 14.2. The summed E-state index contributed by atoms with van der Waals surface area (Å²) in [5, 5.41) is 10.5. The second-order valence-corrected chi connectivity index (χ2v) is 6.52. The topological polar surface area (TPSA) is 41.1 Å². The fourth-order valence-corrected chi connectivity index (χ4v) is 3.59. The van der Waals surface area contributed by atoms with E-state index in [0.29, 0.717) is 25.6 Å². The van der Waals surface area contributed by atoms with Crippen LogP contribution in [0.15, 0.2) is 35.0 Å². The van der Waals surface area contributed by atoms with Crippen molar-refractivity contribution in [1.29, 1.82) is 0 Å². The minimum absolute atomic E-state index is 0.112. The predicted molar refractivity (Wildman–Crippen MR) is 86.4 cm³/mol. The highest BCUT2D eigenvalue weighted by Gasteiger charge is 2.14. The highest BCUT2D eigenvalue weighted by atomic mass is 32.1. The molecule has 0 fully saturated rings.